The van der Waals surface area contributed by atoms with Gasteiger partial charge in [0.15, 0.2) is 0 Å². The Kier molecular flexibility index (Phi) is 7.04. The molecule has 31 heavy (non-hydrogen) atoms. The van der Waals surface area contributed by atoms with Crippen LogP contribution in [0.1, 0.15) is 28.4 Å². The number of hydrogen-bond acceptors (Lipinski definition) is 7. The van der Waals surface area contributed by atoms with Crippen LogP contribution in [0.5, 0.6) is 0 Å². The van der Waals surface area contributed by atoms with E-state index in [1.54, 1.807) is 19.9 Å². The number of esters is 1. The molecule has 1 heterocycles. The first-order valence-corrected chi connectivity index (χ1v) is 11.4. The molecule has 0 atom stereocenters. The molecule has 0 saturated carbocycles. The van der Waals surface area contributed by atoms with Crippen molar-refractivity contribution in [2.45, 2.75) is 25.3 Å². The van der Waals surface area contributed by atoms with Gasteiger partial charge in [-0.25, -0.2) is 13.2 Å². The predicted molar refractivity (Wildman–Crippen MR) is 114 cm³/mol. The number of ether oxygens (including phenoxy) is 1. The Balaban J connectivity index is 1.64. The van der Waals surface area contributed by atoms with Gasteiger partial charge in [0.2, 0.25) is 10.0 Å². The van der Waals surface area contributed by atoms with Crippen molar-refractivity contribution in [3.8, 4) is 0 Å². The van der Waals surface area contributed by atoms with Crippen LogP contribution in [0.3, 0.4) is 0 Å². The third-order valence-corrected chi connectivity index (χ3v) is 7.26. The third kappa shape index (κ3) is 5.09. The van der Waals surface area contributed by atoms with E-state index in [9.17, 15) is 23.3 Å². The van der Waals surface area contributed by atoms with Gasteiger partial charge in [-0.1, -0.05) is 12.1 Å². The lowest BCUT2D eigenvalue weighted by molar-refractivity contribution is -0.385. The van der Waals surface area contributed by atoms with Crippen LogP contribution >= 0.6 is 0 Å². The molecular weight excluding hydrogens is 422 g/mol. The lowest BCUT2D eigenvalue weighted by Gasteiger charge is -2.34. The molecule has 10 heteroatoms. The first kappa shape index (κ1) is 22.9. The van der Waals surface area contributed by atoms with E-state index >= 15 is 0 Å². The average molecular weight is 448 g/mol. The second-order valence-electron chi connectivity index (χ2n) is 7.24. The molecule has 1 fully saturated rings. The maximum absolute atomic E-state index is 12.9. The van der Waals surface area contributed by atoms with Crippen molar-refractivity contribution in [2.75, 3.05) is 32.8 Å². The fourth-order valence-electron chi connectivity index (χ4n) is 3.53. The van der Waals surface area contributed by atoms with Crippen LogP contribution in [0, 0.1) is 17.0 Å². The van der Waals surface area contributed by atoms with Crippen LogP contribution in [0.25, 0.3) is 0 Å². The zero-order valence-corrected chi connectivity index (χ0v) is 18.3. The van der Waals surface area contributed by atoms with Crippen molar-refractivity contribution < 1.29 is 22.9 Å². The summed E-state index contributed by atoms with van der Waals surface area (Å²) >= 11 is 0. The number of nitro benzene ring substituents is 1. The Hall–Kier alpha value is -2.82. The van der Waals surface area contributed by atoms with Crippen molar-refractivity contribution in [1.29, 1.82) is 0 Å². The minimum atomic E-state index is -3.67. The van der Waals surface area contributed by atoms with Crippen LogP contribution in [-0.2, 0) is 21.3 Å². The van der Waals surface area contributed by atoms with Gasteiger partial charge >= 0.3 is 5.97 Å². The fourth-order valence-corrected chi connectivity index (χ4v) is 4.96. The Labute approximate surface area is 181 Å². The highest BCUT2D eigenvalue weighted by atomic mass is 32.2. The Morgan fingerprint density at radius 3 is 2.32 bits per heavy atom. The predicted octanol–water partition coefficient (Wildman–Crippen LogP) is 2.59. The molecule has 166 valence electrons. The summed E-state index contributed by atoms with van der Waals surface area (Å²) in [5.41, 5.74) is 1.88. The quantitative estimate of drug-likeness (QED) is 0.364. The van der Waals surface area contributed by atoms with E-state index in [4.69, 9.17) is 4.74 Å². The molecule has 9 nitrogen and oxygen atoms in total. The van der Waals surface area contributed by atoms with Gasteiger partial charge in [0, 0.05) is 44.4 Å². The summed E-state index contributed by atoms with van der Waals surface area (Å²) in [4.78, 5) is 24.7. The van der Waals surface area contributed by atoms with Crippen molar-refractivity contribution >= 4 is 21.7 Å². The lowest BCUT2D eigenvalue weighted by Crippen LogP contribution is -2.48. The molecule has 0 N–H and O–H groups in total. The smallest absolute Gasteiger partial charge is 0.338 e. The normalized spacial score (nSPS) is 15.5. The Morgan fingerprint density at radius 2 is 1.74 bits per heavy atom. The number of nitro groups is 1. The maximum Gasteiger partial charge on any atom is 0.338 e. The van der Waals surface area contributed by atoms with E-state index < -0.39 is 20.9 Å². The largest absolute Gasteiger partial charge is 0.462 e. The number of rotatable bonds is 7. The standard InChI is InChI=1S/C21H25N3O6S/c1-3-30-21(25)17-7-9-19(10-8-17)31(28,29)23-13-11-22(12-14-23)15-18-5-4-6-20(16(18)2)24(26)27/h4-10H,3,11-15H2,1-2H3. The third-order valence-electron chi connectivity index (χ3n) is 5.34. The van der Waals surface area contributed by atoms with Crippen LogP contribution in [-0.4, -0.2) is 61.3 Å². The number of carbonyl (C=O) groups is 1. The summed E-state index contributed by atoms with van der Waals surface area (Å²) in [5.74, 6) is -0.489. The van der Waals surface area contributed by atoms with E-state index in [1.165, 1.54) is 34.6 Å². The molecule has 0 radical (unpaired) electrons. The zero-order chi connectivity index (χ0) is 22.6. The number of hydrogen-bond donors (Lipinski definition) is 0. The van der Waals surface area contributed by atoms with Gasteiger partial charge in [-0.15, -0.1) is 0 Å². The number of piperazine rings is 1. The monoisotopic (exact) mass is 447 g/mol. The molecule has 0 amide bonds. The first-order valence-electron chi connectivity index (χ1n) is 9.96. The SMILES string of the molecule is CCOC(=O)c1ccc(S(=O)(=O)N2CCN(Cc3cccc([N+](=O)[O-])c3C)CC2)cc1. The molecule has 0 aromatic heterocycles. The maximum atomic E-state index is 12.9. The molecule has 2 aromatic carbocycles. The molecule has 0 spiro atoms. The summed E-state index contributed by atoms with van der Waals surface area (Å²) in [7, 11) is -3.67. The van der Waals surface area contributed by atoms with Crippen molar-refractivity contribution in [3.63, 3.8) is 0 Å². The summed E-state index contributed by atoms with van der Waals surface area (Å²) in [6, 6.07) is 10.7. The molecule has 1 saturated heterocycles. The van der Waals surface area contributed by atoms with Crippen molar-refractivity contribution in [3.05, 3.63) is 69.3 Å². The molecule has 1 aliphatic heterocycles. The lowest BCUT2D eigenvalue weighted by atomic mass is 10.1. The van der Waals surface area contributed by atoms with E-state index in [0.29, 0.717) is 43.9 Å². The molecular formula is C21H25N3O6S. The van der Waals surface area contributed by atoms with Gasteiger partial charge in [-0.2, -0.15) is 4.31 Å². The highest BCUT2D eigenvalue weighted by molar-refractivity contribution is 7.89. The minimum Gasteiger partial charge on any atom is -0.462 e. The highest BCUT2D eigenvalue weighted by Gasteiger charge is 2.29. The van der Waals surface area contributed by atoms with Gasteiger partial charge in [0.1, 0.15) is 0 Å². The van der Waals surface area contributed by atoms with Crippen LogP contribution in [0.4, 0.5) is 5.69 Å². The number of benzene rings is 2. The minimum absolute atomic E-state index is 0.0879. The molecule has 0 aliphatic carbocycles. The first-order chi connectivity index (χ1) is 14.7. The summed E-state index contributed by atoms with van der Waals surface area (Å²) in [6.07, 6.45) is 0. The Bertz CT molecular complexity index is 1060. The van der Waals surface area contributed by atoms with E-state index in [0.717, 1.165) is 5.56 Å². The zero-order valence-electron chi connectivity index (χ0n) is 17.5. The van der Waals surface area contributed by atoms with Gasteiger partial charge in [-0.05, 0) is 43.7 Å². The van der Waals surface area contributed by atoms with Crippen molar-refractivity contribution in [1.82, 2.24) is 9.21 Å². The molecule has 1 aliphatic rings. The van der Waals surface area contributed by atoms with Gasteiger partial charge < -0.3 is 4.74 Å². The van der Waals surface area contributed by atoms with Crippen molar-refractivity contribution in [2.24, 2.45) is 0 Å². The molecule has 3 rings (SSSR count). The van der Waals surface area contributed by atoms with Gasteiger partial charge in [0.05, 0.1) is 22.0 Å². The van der Waals surface area contributed by atoms with Crippen LogP contribution in [0.15, 0.2) is 47.4 Å². The number of nitrogens with zero attached hydrogens (tertiary/aromatic N) is 3. The summed E-state index contributed by atoms with van der Waals surface area (Å²) in [5, 5.41) is 11.1. The van der Waals surface area contributed by atoms with E-state index in [2.05, 4.69) is 4.90 Å². The average Bonchev–Trinajstić information content (AvgIpc) is 2.75. The summed E-state index contributed by atoms with van der Waals surface area (Å²) in [6.45, 7) is 5.87. The van der Waals surface area contributed by atoms with E-state index in [-0.39, 0.29) is 17.2 Å². The fraction of sp³-hybridized carbons (Fsp3) is 0.381. The van der Waals surface area contributed by atoms with Crippen LogP contribution in [0.2, 0.25) is 0 Å². The molecule has 0 bridgehead atoms. The Morgan fingerprint density at radius 1 is 1.10 bits per heavy atom. The molecule has 2 aromatic rings. The summed E-state index contributed by atoms with van der Waals surface area (Å²) < 4.78 is 32.2. The highest BCUT2D eigenvalue weighted by Crippen LogP contribution is 2.24. The second-order valence-corrected chi connectivity index (χ2v) is 9.18. The molecule has 0 unspecified atom stereocenters. The second kappa shape index (κ2) is 9.54. The number of sulfonamides is 1. The van der Waals surface area contributed by atoms with Gasteiger partial charge in [-0.3, -0.25) is 15.0 Å². The topological polar surface area (TPSA) is 110 Å². The van der Waals surface area contributed by atoms with Gasteiger partial charge in [0.25, 0.3) is 5.69 Å². The van der Waals surface area contributed by atoms with E-state index in [1.807, 2.05) is 6.07 Å². The number of carbonyl (C=O) groups excluding carboxylic acids is 1. The van der Waals surface area contributed by atoms with Crippen LogP contribution < -0.4 is 0 Å².